The molecular weight excluding hydrogens is 550 g/mol. The average Bonchev–Trinajstić information content (AvgIpc) is 3.00. The van der Waals surface area contributed by atoms with Crippen molar-refractivity contribution in [1.29, 1.82) is 5.26 Å². The lowest BCUT2D eigenvalue weighted by Crippen LogP contribution is -2.56. The Bertz CT molecular complexity index is 1390. The molecule has 11 nitrogen and oxygen atoms in total. The smallest absolute Gasteiger partial charge is 0.338 e. The molecule has 42 heavy (non-hydrogen) atoms. The second-order valence-electron chi connectivity index (χ2n) is 9.80. The number of piperidine rings is 1. The van der Waals surface area contributed by atoms with Crippen molar-refractivity contribution in [1.82, 2.24) is 20.9 Å². The van der Waals surface area contributed by atoms with Gasteiger partial charge in [0.05, 0.1) is 36.6 Å². The van der Waals surface area contributed by atoms with Crippen LogP contribution in [0.25, 0.3) is 0 Å². The maximum absolute atomic E-state index is 14.2. The number of anilines is 1. The Balaban J connectivity index is 1.40. The van der Waals surface area contributed by atoms with Crippen LogP contribution in [-0.2, 0) is 14.3 Å². The van der Waals surface area contributed by atoms with Crippen LogP contribution in [-0.4, -0.2) is 76.0 Å². The summed E-state index contributed by atoms with van der Waals surface area (Å²) in [6, 6.07) is 9.58. The highest BCUT2D eigenvalue weighted by molar-refractivity contribution is 6.01. The van der Waals surface area contributed by atoms with Gasteiger partial charge in [0, 0.05) is 45.0 Å². The van der Waals surface area contributed by atoms with Crippen molar-refractivity contribution in [2.24, 2.45) is 0 Å². The van der Waals surface area contributed by atoms with E-state index in [4.69, 9.17) is 14.7 Å². The van der Waals surface area contributed by atoms with E-state index in [0.29, 0.717) is 12.1 Å². The Morgan fingerprint density at radius 1 is 1.07 bits per heavy atom. The van der Waals surface area contributed by atoms with Crippen LogP contribution in [0.5, 0.6) is 0 Å². The van der Waals surface area contributed by atoms with E-state index in [-0.39, 0.29) is 36.0 Å². The molecule has 13 heteroatoms. The number of nitrogens with zero attached hydrogens (tertiary/aromatic N) is 3. The molecule has 1 fully saturated rings. The Morgan fingerprint density at radius 3 is 2.40 bits per heavy atom. The van der Waals surface area contributed by atoms with Gasteiger partial charge in [-0.15, -0.1) is 0 Å². The molecule has 1 atom stereocenters. The van der Waals surface area contributed by atoms with Crippen molar-refractivity contribution in [2.45, 2.75) is 24.9 Å². The van der Waals surface area contributed by atoms with Gasteiger partial charge in [0.1, 0.15) is 6.04 Å². The van der Waals surface area contributed by atoms with Crippen LogP contribution in [0.4, 0.5) is 24.1 Å². The zero-order chi connectivity index (χ0) is 30.2. The lowest BCUT2D eigenvalue weighted by Gasteiger charge is -2.37. The van der Waals surface area contributed by atoms with Gasteiger partial charge in [-0.25, -0.2) is 28.1 Å². The van der Waals surface area contributed by atoms with E-state index in [2.05, 4.69) is 26.9 Å². The van der Waals surface area contributed by atoms with E-state index in [0.717, 1.165) is 55.8 Å². The van der Waals surface area contributed by atoms with Crippen LogP contribution in [0.3, 0.4) is 0 Å². The van der Waals surface area contributed by atoms with Crippen LogP contribution in [0.1, 0.15) is 30.0 Å². The van der Waals surface area contributed by atoms with Gasteiger partial charge in [0.15, 0.2) is 11.6 Å². The van der Waals surface area contributed by atoms with Crippen LogP contribution >= 0.6 is 0 Å². The number of benzene rings is 2. The topological polar surface area (TPSA) is 136 Å². The summed E-state index contributed by atoms with van der Waals surface area (Å²) in [7, 11) is 2.48. The lowest BCUT2D eigenvalue weighted by atomic mass is 9.93. The number of nitrogens with one attached hydrogen (secondary N) is 3. The van der Waals surface area contributed by atoms with Crippen molar-refractivity contribution in [3.05, 3.63) is 76.5 Å². The molecule has 4 amide bonds. The number of nitriles is 1. The predicted octanol–water partition coefficient (Wildman–Crippen LogP) is 2.94. The molecule has 0 saturated carbocycles. The first-order valence-electron chi connectivity index (χ1n) is 13.4. The minimum Gasteiger partial charge on any atom is -0.466 e. The fourth-order valence-electron chi connectivity index (χ4n) is 5.10. The first kappa shape index (κ1) is 30.4. The number of esters is 1. The average molecular weight is 583 g/mol. The second kappa shape index (κ2) is 13.9. The van der Waals surface area contributed by atoms with Gasteiger partial charge < -0.3 is 30.3 Å². The van der Waals surface area contributed by atoms with Crippen molar-refractivity contribution in [3.63, 3.8) is 0 Å². The summed E-state index contributed by atoms with van der Waals surface area (Å²) in [6.07, 6.45) is 1.74. The zero-order valence-corrected chi connectivity index (χ0v) is 23.3. The number of hydrogen-bond donors (Lipinski definition) is 3. The number of carbonyl (C=O) groups is 3. The number of imide groups is 1. The molecule has 0 aliphatic carbocycles. The molecule has 0 radical (unpaired) electrons. The van der Waals surface area contributed by atoms with Gasteiger partial charge >= 0.3 is 18.0 Å². The predicted molar refractivity (Wildman–Crippen MR) is 148 cm³/mol. The number of rotatable bonds is 9. The summed E-state index contributed by atoms with van der Waals surface area (Å²) in [6.45, 7) is 2.02. The number of carbonyl (C=O) groups excluding carboxylic acids is 3. The van der Waals surface area contributed by atoms with E-state index >= 15 is 0 Å². The third-order valence-corrected chi connectivity index (χ3v) is 7.20. The molecule has 0 aromatic heterocycles. The van der Waals surface area contributed by atoms with Gasteiger partial charge in [0.2, 0.25) is 0 Å². The third-order valence-electron chi connectivity index (χ3n) is 7.20. The maximum Gasteiger partial charge on any atom is 0.338 e. The minimum absolute atomic E-state index is 0.0000478. The molecule has 0 bridgehead atoms. The first-order chi connectivity index (χ1) is 20.3. The molecule has 3 N–H and O–H groups in total. The van der Waals surface area contributed by atoms with E-state index in [9.17, 15) is 23.2 Å². The highest BCUT2D eigenvalue weighted by Gasteiger charge is 2.43. The molecule has 2 aromatic carbocycles. The zero-order valence-electron chi connectivity index (χ0n) is 23.3. The molecule has 1 saturated heterocycles. The number of amides is 4. The van der Waals surface area contributed by atoms with E-state index < -0.39 is 35.7 Å². The van der Waals surface area contributed by atoms with Gasteiger partial charge in [-0.1, -0.05) is 6.07 Å². The Morgan fingerprint density at radius 2 is 1.79 bits per heavy atom. The lowest BCUT2D eigenvalue weighted by molar-refractivity contribution is -0.137. The van der Waals surface area contributed by atoms with Gasteiger partial charge in [-0.05, 0) is 54.8 Å². The Hall–Kier alpha value is -4.54. The molecule has 2 aliphatic rings. The molecule has 222 valence electrons. The van der Waals surface area contributed by atoms with Crippen LogP contribution in [0.15, 0.2) is 53.7 Å². The summed E-state index contributed by atoms with van der Waals surface area (Å²) in [5.41, 5.74) is 1.57. The summed E-state index contributed by atoms with van der Waals surface area (Å²) in [4.78, 5) is 42.2. The SMILES string of the molecule is COCC1=C(C(=O)OC)C(c2ccc(F)c(F)c2)N(C(=O)NCCNC2CCN(c3ccc(C#N)cc3)CC2)C(=O)N1. The van der Waals surface area contributed by atoms with Crippen molar-refractivity contribution in [3.8, 4) is 6.07 Å². The molecule has 4 rings (SSSR count). The van der Waals surface area contributed by atoms with Gasteiger partial charge in [-0.2, -0.15) is 5.26 Å². The van der Waals surface area contributed by atoms with E-state index in [1.54, 1.807) is 12.1 Å². The summed E-state index contributed by atoms with van der Waals surface area (Å²) < 4.78 is 37.9. The number of halogens is 2. The number of methoxy groups -OCH3 is 2. The Labute approximate surface area is 242 Å². The maximum atomic E-state index is 14.2. The number of ether oxygens (including phenoxy) is 2. The van der Waals surface area contributed by atoms with E-state index in [1.165, 1.54) is 13.2 Å². The number of urea groups is 2. The van der Waals surface area contributed by atoms with Crippen molar-refractivity contribution < 1.29 is 32.6 Å². The molecule has 0 spiro atoms. The van der Waals surface area contributed by atoms with Crippen LogP contribution in [0, 0.1) is 23.0 Å². The number of hydrogen-bond acceptors (Lipinski definition) is 8. The van der Waals surface area contributed by atoms with Crippen molar-refractivity contribution in [2.75, 3.05) is 51.9 Å². The second-order valence-corrected chi connectivity index (χ2v) is 9.80. The largest absolute Gasteiger partial charge is 0.466 e. The molecule has 2 heterocycles. The highest BCUT2D eigenvalue weighted by atomic mass is 19.2. The summed E-state index contributed by atoms with van der Waals surface area (Å²) >= 11 is 0. The fraction of sp³-hybridized carbons (Fsp3) is 0.379. The first-order valence-corrected chi connectivity index (χ1v) is 13.4. The minimum atomic E-state index is -1.40. The van der Waals surface area contributed by atoms with E-state index in [1.807, 2.05) is 12.1 Å². The van der Waals surface area contributed by atoms with Crippen LogP contribution < -0.4 is 20.9 Å². The molecule has 1 unspecified atom stereocenters. The quantitative estimate of drug-likeness (QED) is 0.303. The summed E-state index contributed by atoms with van der Waals surface area (Å²) in [5, 5.41) is 17.5. The van der Waals surface area contributed by atoms with Gasteiger partial charge in [0.25, 0.3) is 0 Å². The Kier molecular flexibility index (Phi) is 10.1. The fourth-order valence-corrected chi connectivity index (χ4v) is 5.10. The van der Waals surface area contributed by atoms with Crippen LogP contribution in [0.2, 0.25) is 0 Å². The highest BCUT2D eigenvalue weighted by Crippen LogP contribution is 2.35. The third kappa shape index (κ3) is 6.84. The summed E-state index contributed by atoms with van der Waals surface area (Å²) in [5.74, 6) is -3.20. The standard InChI is InChI=1S/C29H32F2N6O5/c1-41-17-24-25(27(38)42-2)26(19-5-8-22(30)23(31)15-19)37(29(40)35-24)28(39)34-12-11-33-20-9-13-36(14-10-20)21-6-3-18(16-32)4-7-21/h3-8,15,20,26,33H,9-14,17H2,1-2H3,(H,34,39)(H,35,40). The molecule has 2 aromatic rings. The molecular formula is C29H32F2N6O5. The van der Waals surface area contributed by atoms with Crippen molar-refractivity contribution >= 4 is 23.7 Å². The normalized spacial score (nSPS) is 17.5. The molecule has 2 aliphatic heterocycles. The van der Waals surface area contributed by atoms with Gasteiger partial charge in [-0.3, -0.25) is 0 Å². The monoisotopic (exact) mass is 582 g/mol.